The first-order valence-corrected chi connectivity index (χ1v) is 20.1. The van der Waals surface area contributed by atoms with Gasteiger partial charge < -0.3 is 4.74 Å². The van der Waals surface area contributed by atoms with Gasteiger partial charge in [0.1, 0.15) is 6.10 Å². The van der Waals surface area contributed by atoms with E-state index >= 15 is 0 Å². The summed E-state index contributed by atoms with van der Waals surface area (Å²) in [5.74, 6) is 0. The van der Waals surface area contributed by atoms with Crippen LogP contribution >= 0.6 is 0 Å². The second-order valence-corrected chi connectivity index (χ2v) is 17.8. The summed E-state index contributed by atoms with van der Waals surface area (Å²) in [6.45, 7) is 4.29. The van der Waals surface area contributed by atoms with Gasteiger partial charge in [0.05, 0.1) is 31.9 Å². The lowest BCUT2D eigenvalue weighted by atomic mass is 9.58. The van der Waals surface area contributed by atoms with Gasteiger partial charge in [0.2, 0.25) is 0 Å². The van der Waals surface area contributed by atoms with Crippen LogP contribution in [0, 0.1) is 19.3 Å². The number of hydrogen-bond acceptors (Lipinski definition) is 5. The molecule has 9 heteroatoms. The fraction of sp³-hybridized carbons (Fsp3) is 0.190. The summed E-state index contributed by atoms with van der Waals surface area (Å²) >= 11 is 0. The maximum absolute atomic E-state index is 14.9. The van der Waals surface area contributed by atoms with Crippen LogP contribution in [0.15, 0.2) is 137 Å². The van der Waals surface area contributed by atoms with Crippen LogP contribution in [0.25, 0.3) is 21.8 Å². The Labute approximate surface area is 296 Å². The SMILES string of the molecule is Cc1ccc(S(=O)(=O)n2c3c(c4ccccc42)[C@]2(c4ccccc4)c4c(n(S(=O)(=O)c5ccc(C)cc5)c5ccccc45)[C@H]4OCC[C@]42C3)cc1. The van der Waals surface area contributed by atoms with Crippen LogP contribution in [0.4, 0.5) is 0 Å². The number of hydrogen-bond donors (Lipinski definition) is 0. The number of para-hydroxylation sites is 2. The van der Waals surface area contributed by atoms with Gasteiger partial charge in [0.25, 0.3) is 20.0 Å². The molecule has 51 heavy (non-hydrogen) atoms. The third-order valence-corrected chi connectivity index (χ3v) is 15.2. The molecule has 2 aliphatic carbocycles. The Hall–Kier alpha value is -4.96. The van der Waals surface area contributed by atoms with Gasteiger partial charge >= 0.3 is 0 Å². The van der Waals surface area contributed by atoms with Crippen molar-refractivity contribution in [2.45, 2.75) is 48.0 Å². The van der Waals surface area contributed by atoms with E-state index in [1.807, 2.05) is 105 Å². The van der Waals surface area contributed by atoms with Gasteiger partial charge in [-0.15, -0.1) is 0 Å². The number of aromatic nitrogens is 2. The number of benzene rings is 5. The lowest BCUT2D eigenvalue weighted by molar-refractivity contribution is 0.0433. The van der Waals surface area contributed by atoms with Crippen molar-refractivity contribution < 1.29 is 21.6 Å². The zero-order chi connectivity index (χ0) is 34.9. The minimum Gasteiger partial charge on any atom is -0.371 e. The van der Waals surface area contributed by atoms with Crippen LogP contribution in [0.3, 0.4) is 0 Å². The summed E-state index contributed by atoms with van der Waals surface area (Å²) in [5.41, 5.74) is 5.62. The van der Waals surface area contributed by atoms with E-state index in [0.717, 1.165) is 44.3 Å². The predicted molar refractivity (Wildman–Crippen MR) is 197 cm³/mol. The summed E-state index contributed by atoms with van der Waals surface area (Å²) in [7, 11) is -8.13. The molecule has 1 fully saturated rings. The van der Waals surface area contributed by atoms with Crippen LogP contribution in [0.1, 0.15) is 51.7 Å². The molecule has 1 spiro atoms. The first-order valence-electron chi connectivity index (χ1n) is 17.2. The zero-order valence-corrected chi connectivity index (χ0v) is 29.7. The molecule has 7 aromatic rings. The normalized spacial score (nSPS) is 22.3. The lowest BCUT2D eigenvalue weighted by Crippen LogP contribution is -2.42. The van der Waals surface area contributed by atoms with E-state index in [-0.39, 0.29) is 9.79 Å². The van der Waals surface area contributed by atoms with Gasteiger partial charge in [-0.05, 0) is 74.2 Å². The van der Waals surface area contributed by atoms with Crippen molar-refractivity contribution in [1.29, 1.82) is 0 Å². The van der Waals surface area contributed by atoms with Gasteiger partial charge in [-0.1, -0.05) is 102 Å². The van der Waals surface area contributed by atoms with Crippen molar-refractivity contribution in [3.8, 4) is 0 Å². The molecule has 254 valence electrons. The number of fused-ring (bicyclic) bond motifs is 9. The lowest BCUT2D eigenvalue weighted by Gasteiger charge is -2.42. The molecule has 3 heterocycles. The summed E-state index contributed by atoms with van der Waals surface area (Å²) in [6.07, 6.45) is 0.380. The molecule has 3 aliphatic rings. The van der Waals surface area contributed by atoms with Gasteiger partial charge in [-0.25, -0.2) is 24.8 Å². The fourth-order valence-electron chi connectivity index (χ4n) is 9.75. The number of ether oxygens (including phenoxy) is 1. The molecule has 0 radical (unpaired) electrons. The van der Waals surface area contributed by atoms with Crippen molar-refractivity contribution in [1.82, 2.24) is 7.94 Å². The van der Waals surface area contributed by atoms with Crippen LogP contribution in [0.5, 0.6) is 0 Å². The van der Waals surface area contributed by atoms with Gasteiger partial charge in [-0.3, -0.25) is 0 Å². The number of nitrogens with zero attached hydrogens (tertiary/aromatic N) is 2. The molecular weight excluding hydrogens is 677 g/mol. The van der Waals surface area contributed by atoms with Crippen LogP contribution in [0.2, 0.25) is 0 Å². The Morgan fingerprint density at radius 2 is 1.12 bits per heavy atom. The Bertz CT molecular complexity index is 2800. The molecule has 1 saturated heterocycles. The van der Waals surface area contributed by atoms with Gasteiger partial charge in [0.15, 0.2) is 0 Å². The molecule has 3 atom stereocenters. The maximum atomic E-state index is 14.9. The van der Waals surface area contributed by atoms with Crippen molar-refractivity contribution in [3.63, 3.8) is 0 Å². The Kier molecular flexibility index (Phi) is 6.23. The molecule has 0 unspecified atom stereocenters. The summed E-state index contributed by atoms with van der Waals surface area (Å²) in [4.78, 5) is 0.427. The molecule has 2 aromatic heterocycles. The first kappa shape index (κ1) is 30.8. The second kappa shape index (κ2) is 10.3. The Morgan fingerprint density at radius 3 is 1.73 bits per heavy atom. The highest BCUT2D eigenvalue weighted by molar-refractivity contribution is 7.90. The fourth-order valence-corrected chi connectivity index (χ4v) is 12.9. The van der Waals surface area contributed by atoms with E-state index in [1.54, 1.807) is 28.2 Å². The van der Waals surface area contributed by atoms with Crippen LogP contribution in [-0.4, -0.2) is 31.4 Å². The molecule has 0 amide bonds. The monoisotopic (exact) mass is 710 g/mol. The van der Waals surface area contributed by atoms with E-state index < -0.39 is 37.0 Å². The average molecular weight is 711 g/mol. The van der Waals surface area contributed by atoms with Crippen molar-refractivity contribution in [2.24, 2.45) is 5.41 Å². The van der Waals surface area contributed by atoms with E-state index in [1.165, 1.54) is 3.97 Å². The highest BCUT2D eigenvalue weighted by Gasteiger charge is 2.73. The Balaban J connectivity index is 1.39. The minimum absolute atomic E-state index is 0.205. The largest absolute Gasteiger partial charge is 0.371 e. The third kappa shape index (κ3) is 3.71. The van der Waals surface area contributed by atoms with Gasteiger partial charge in [0, 0.05) is 34.1 Å². The van der Waals surface area contributed by atoms with Crippen molar-refractivity contribution in [3.05, 3.63) is 167 Å². The highest BCUT2D eigenvalue weighted by atomic mass is 32.2. The zero-order valence-electron chi connectivity index (χ0n) is 28.1. The minimum atomic E-state index is -4.09. The van der Waals surface area contributed by atoms with Crippen LogP contribution < -0.4 is 0 Å². The van der Waals surface area contributed by atoms with E-state index in [9.17, 15) is 16.8 Å². The molecule has 10 rings (SSSR count). The quantitative estimate of drug-likeness (QED) is 0.181. The maximum Gasteiger partial charge on any atom is 0.268 e. The van der Waals surface area contributed by atoms with E-state index in [2.05, 4.69) is 12.1 Å². The topological polar surface area (TPSA) is 87.4 Å². The predicted octanol–water partition coefficient (Wildman–Crippen LogP) is 8.04. The summed E-state index contributed by atoms with van der Waals surface area (Å²) < 4.78 is 69.4. The van der Waals surface area contributed by atoms with Gasteiger partial charge in [-0.2, -0.15) is 0 Å². The van der Waals surface area contributed by atoms with E-state index in [0.29, 0.717) is 36.2 Å². The molecule has 1 aliphatic heterocycles. The summed E-state index contributed by atoms with van der Waals surface area (Å²) in [6, 6.07) is 39.7. The third-order valence-electron chi connectivity index (χ3n) is 11.7. The molecule has 5 aromatic carbocycles. The number of rotatable bonds is 5. The van der Waals surface area contributed by atoms with Crippen LogP contribution in [-0.2, 0) is 36.6 Å². The van der Waals surface area contributed by atoms with E-state index in [4.69, 9.17) is 4.74 Å². The average Bonchev–Trinajstić information content (AvgIpc) is 3.90. The standard InChI is InChI=1S/C42H34N2O5S2/c1-27-16-20-30(21-17-27)50(45,46)43-34-14-8-6-12-32(34)37-36(43)26-41-24-25-49-40(41)39-38(42(37,41)29-10-4-3-5-11-29)33-13-7-9-15-35(33)44(39)51(47,48)31-22-18-28(2)19-23-31/h3-23,40H,24-26H2,1-2H3/t40-,41+,42-/m1/s1. The molecule has 0 bridgehead atoms. The number of aryl methyl sites for hydroxylation is 2. The first-order chi connectivity index (χ1) is 24.6. The molecule has 7 nitrogen and oxygen atoms in total. The summed E-state index contributed by atoms with van der Waals surface area (Å²) in [5, 5.41) is 1.65. The molecular formula is C42H34N2O5S2. The molecule has 0 saturated carbocycles. The van der Waals surface area contributed by atoms with Crippen molar-refractivity contribution in [2.75, 3.05) is 6.61 Å². The highest BCUT2D eigenvalue weighted by Crippen LogP contribution is 2.76. The van der Waals surface area contributed by atoms with Crippen molar-refractivity contribution >= 4 is 41.9 Å². The smallest absolute Gasteiger partial charge is 0.268 e. The Morgan fingerprint density at radius 1 is 0.608 bits per heavy atom. The second-order valence-electron chi connectivity index (χ2n) is 14.2. The molecule has 0 N–H and O–H groups in total.